The van der Waals surface area contributed by atoms with Gasteiger partial charge in [0, 0.05) is 26.2 Å². The molecule has 0 N–H and O–H groups in total. The molecule has 2 aromatic rings. The zero-order valence-electron chi connectivity index (χ0n) is 14.2. The van der Waals surface area contributed by atoms with E-state index in [1.54, 1.807) is 24.3 Å². The molecule has 2 fully saturated rings. The van der Waals surface area contributed by atoms with E-state index in [2.05, 4.69) is 10.4 Å². The standard InChI is InChI=1S/C18H18F3N4O/c1-11-2-4-14(5-3-11)25-16(18(19,20)21)15(8-23-25)17(26)24-9-12-6-22-7-13(12)10-24/h2-5,8,12-13H,6-7,9-10H2,1H3. The minimum absolute atomic E-state index is 0.264. The van der Waals surface area contributed by atoms with Gasteiger partial charge >= 0.3 is 6.18 Å². The summed E-state index contributed by atoms with van der Waals surface area (Å²) in [5.74, 6) is -0.0778. The summed E-state index contributed by atoms with van der Waals surface area (Å²) in [7, 11) is 0. The second-order valence-corrected chi connectivity index (χ2v) is 6.97. The second kappa shape index (κ2) is 6.12. The molecule has 8 heteroatoms. The third kappa shape index (κ3) is 2.88. The van der Waals surface area contributed by atoms with Crippen LogP contribution >= 0.6 is 0 Å². The SMILES string of the molecule is Cc1ccc(-n2ncc(C(=O)N3CC4C[N]CC4C3)c2C(F)(F)F)cc1. The van der Waals surface area contributed by atoms with E-state index in [0.717, 1.165) is 16.4 Å². The summed E-state index contributed by atoms with van der Waals surface area (Å²) in [6, 6.07) is 6.55. The number of carbonyl (C=O) groups is 1. The molecule has 1 aromatic heterocycles. The Morgan fingerprint density at radius 2 is 1.73 bits per heavy atom. The fraction of sp³-hybridized carbons (Fsp3) is 0.444. The highest BCUT2D eigenvalue weighted by molar-refractivity contribution is 5.95. The molecule has 0 saturated carbocycles. The van der Waals surface area contributed by atoms with Crippen molar-refractivity contribution in [2.75, 3.05) is 26.2 Å². The summed E-state index contributed by atoms with van der Waals surface area (Å²) in [5.41, 5.74) is -0.207. The van der Waals surface area contributed by atoms with Crippen LogP contribution in [0.15, 0.2) is 30.5 Å². The Morgan fingerprint density at radius 1 is 1.12 bits per heavy atom. The third-order valence-corrected chi connectivity index (χ3v) is 5.14. The van der Waals surface area contributed by atoms with Crippen molar-refractivity contribution in [3.8, 4) is 5.69 Å². The first-order valence-electron chi connectivity index (χ1n) is 8.49. The van der Waals surface area contributed by atoms with Gasteiger partial charge in [-0.25, -0.2) is 10.00 Å². The average Bonchev–Trinajstić information content (AvgIpc) is 3.28. The molecular formula is C18H18F3N4O. The van der Waals surface area contributed by atoms with E-state index in [-0.39, 0.29) is 17.5 Å². The molecule has 2 saturated heterocycles. The van der Waals surface area contributed by atoms with Crippen LogP contribution in [0.4, 0.5) is 13.2 Å². The van der Waals surface area contributed by atoms with Gasteiger partial charge in [-0.1, -0.05) is 17.7 Å². The van der Waals surface area contributed by atoms with Gasteiger partial charge in [-0.2, -0.15) is 18.3 Å². The first kappa shape index (κ1) is 17.1. The first-order valence-corrected chi connectivity index (χ1v) is 8.49. The number of aryl methyl sites for hydroxylation is 1. The van der Waals surface area contributed by atoms with Gasteiger partial charge < -0.3 is 4.90 Å². The van der Waals surface area contributed by atoms with Gasteiger partial charge in [-0.15, -0.1) is 0 Å². The van der Waals surface area contributed by atoms with Crippen LogP contribution in [0.3, 0.4) is 0 Å². The molecular weight excluding hydrogens is 345 g/mol. The summed E-state index contributed by atoms with van der Waals surface area (Å²) < 4.78 is 42.0. The molecule has 137 valence electrons. The third-order valence-electron chi connectivity index (χ3n) is 5.14. The largest absolute Gasteiger partial charge is 0.434 e. The van der Waals surface area contributed by atoms with Gasteiger partial charge in [-0.3, -0.25) is 4.79 Å². The molecule has 1 aromatic carbocycles. The smallest absolute Gasteiger partial charge is 0.338 e. The Morgan fingerprint density at radius 3 is 2.31 bits per heavy atom. The molecule has 26 heavy (non-hydrogen) atoms. The normalized spacial score (nSPS) is 22.7. The zero-order chi connectivity index (χ0) is 18.5. The van der Waals surface area contributed by atoms with Gasteiger partial charge in [0.05, 0.1) is 17.4 Å². The maximum absolute atomic E-state index is 13.7. The summed E-state index contributed by atoms with van der Waals surface area (Å²) in [6.07, 6.45) is -3.65. The number of nitrogens with zero attached hydrogens (tertiary/aromatic N) is 4. The Kier molecular flexibility index (Phi) is 4.02. The summed E-state index contributed by atoms with van der Waals surface area (Å²) in [5, 5.41) is 8.19. The predicted molar refractivity (Wildman–Crippen MR) is 88.1 cm³/mol. The molecule has 4 rings (SSSR count). The molecule has 2 unspecified atom stereocenters. The fourth-order valence-electron chi connectivity index (χ4n) is 3.75. The quantitative estimate of drug-likeness (QED) is 0.823. The number of amides is 1. The number of hydrogen-bond acceptors (Lipinski definition) is 2. The molecule has 0 aliphatic carbocycles. The van der Waals surface area contributed by atoms with E-state index >= 15 is 0 Å². The minimum Gasteiger partial charge on any atom is -0.338 e. The number of rotatable bonds is 2. The van der Waals surface area contributed by atoms with Crippen LogP contribution in [-0.2, 0) is 6.18 Å². The van der Waals surface area contributed by atoms with Crippen molar-refractivity contribution in [1.29, 1.82) is 0 Å². The Bertz CT molecular complexity index is 816. The highest BCUT2D eigenvalue weighted by atomic mass is 19.4. The number of likely N-dealkylation sites (tertiary alicyclic amines) is 1. The van der Waals surface area contributed by atoms with Crippen molar-refractivity contribution in [2.45, 2.75) is 13.1 Å². The monoisotopic (exact) mass is 363 g/mol. The van der Waals surface area contributed by atoms with Crippen LogP contribution in [0.5, 0.6) is 0 Å². The number of alkyl halides is 3. The molecule has 1 radical (unpaired) electrons. The highest BCUT2D eigenvalue weighted by Crippen LogP contribution is 2.35. The van der Waals surface area contributed by atoms with E-state index in [4.69, 9.17) is 0 Å². The van der Waals surface area contributed by atoms with Gasteiger partial charge in [-0.05, 0) is 30.9 Å². The average molecular weight is 363 g/mol. The Labute approximate surface area is 148 Å². The van der Waals surface area contributed by atoms with Gasteiger partial charge in [0.25, 0.3) is 5.91 Å². The lowest BCUT2D eigenvalue weighted by molar-refractivity contribution is -0.143. The Balaban J connectivity index is 1.70. The highest BCUT2D eigenvalue weighted by Gasteiger charge is 2.44. The lowest BCUT2D eigenvalue weighted by Crippen LogP contribution is -2.32. The van der Waals surface area contributed by atoms with Gasteiger partial charge in [0.15, 0.2) is 5.69 Å². The number of carbonyl (C=O) groups excluding carboxylic acids is 1. The number of aromatic nitrogens is 2. The minimum atomic E-state index is -4.68. The molecule has 0 spiro atoms. The molecule has 5 nitrogen and oxygen atoms in total. The number of fused-ring (bicyclic) bond motifs is 1. The van der Waals surface area contributed by atoms with Gasteiger partial charge in [0.2, 0.25) is 0 Å². The number of hydrogen-bond donors (Lipinski definition) is 0. The van der Waals surface area contributed by atoms with E-state index in [0.29, 0.717) is 26.2 Å². The van der Waals surface area contributed by atoms with Crippen molar-refractivity contribution < 1.29 is 18.0 Å². The van der Waals surface area contributed by atoms with Crippen LogP contribution in [0, 0.1) is 18.8 Å². The number of halogens is 3. The van der Waals surface area contributed by atoms with E-state index in [1.807, 2.05) is 6.92 Å². The molecule has 2 atom stereocenters. The topological polar surface area (TPSA) is 52.2 Å². The van der Waals surface area contributed by atoms with Crippen molar-refractivity contribution in [3.05, 3.63) is 47.3 Å². The molecule has 0 bridgehead atoms. The number of benzene rings is 1. The zero-order valence-corrected chi connectivity index (χ0v) is 14.2. The summed E-state index contributed by atoms with van der Waals surface area (Å²) >= 11 is 0. The van der Waals surface area contributed by atoms with E-state index in [1.165, 1.54) is 4.90 Å². The molecule has 1 amide bonds. The van der Waals surface area contributed by atoms with E-state index < -0.39 is 23.3 Å². The van der Waals surface area contributed by atoms with Crippen molar-refractivity contribution >= 4 is 5.91 Å². The predicted octanol–water partition coefficient (Wildman–Crippen LogP) is 2.51. The Hall–Kier alpha value is -2.35. The van der Waals surface area contributed by atoms with Crippen molar-refractivity contribution in [2.24, 2.45) is 11.8 Å². The summed E-state index contributed by atoms with van der Waals surface area (Å²) in [4.78, 5) is 14.3. The summed E-state index contributed by atoms with van der Waals surface area (Å²) in [6.45, 7) is 4.13. The van der Waals surface area contributed by atoms with Crippen LogP contribution in [0.2, 0.25) is 0 Å². The molecule has 2 aliphatic rings. The van der Waals surface area contributed by atoms with Crippen LogP contribution in [0.25, 0.3) is 5.69 Å². The lowest BCUT2D eigenvalue weighted by Gasteiger charge is -2.18. The lowest BCUT2D eigenvalue weighted by atomic mass is 10.0. The molecule has 2 aliphatic heterocycles. The molecule has 3 heterocycles. The van der Waals surface area contributed by atoms with Crippen LogP contribution < -0.4 is 5.32 Å². The van der Waals surface area contributed by atoms with Crippen molar-refractivity contribution in [3.63, 3.8) is 0 Å². The second-order valence-electron chi connectivity index (χ2n) is 6.97. The first-order chi connectivity index (χ1) is 12.3. The van der Waals surface area contributed by atoms with Crippen LogP contribution in [0.1, 0.15) is 21.6 Å². The van der Waals surface area contributed by atoms with Gasteiger partial charge in [0.1, 0.15) is 0 Å². The van der Waals surface area contributed by atoms with Crippen molar-refractivity contribution in [1.82, 2.24) is 20.0 Å². The maximum atomic E-state index is 13.7. The van der Waals surface area contributed by atoms with Crippen LogP contribution in [-0.4, -0.2) is 46.8 Å². The van der Waals surface area contributed by atoms with E-state index in [9.17, 15) is 18.0 Å². The maximum Gasteiger partial charge on any atom is 0.434 e. The fourth-order valence-corrected chi connectivity index (χ4v) is 3.75.